The fraction of sp³-hybridized carbons (Fsp3) is 0.579. The Kier molecular flexibility index (Phi) is 6.34. The number of piperazine rings is 1. The van der Waals surface area contributed by atoms with Gasteiger partial charge in [0, 0.05) is 41.9 Å². The van der Waals surface area contributed by atoms with Gasteiger partial charge < -0.3 is 5.32 Å². The molecule has 1 aliphatic heterocycles. The maximum Gasteiger partial charge on any atom is 0.129 e. The summed E-state index contributed by atoms with van der Waals surface area (Å²) in [7, 11) is -1.36. The Hall–Kier alpha value is -0.353. The van der Waals surface area contributed by atoms with Gasteiger partial charge in [0.25, 0.3) is 0 Å². The van der Waals surface area contributed by atoms with Crippen LogP contribution in [0.1, 0.15) is 27.8 Å². The van der Waals surface area contributed by atoms with Gasteiger partial charge >= 0.3 is 0 Å². The second-order valence-electron chi connectivity index (χ2n) is 7.57. The quantitative estimate of drug-likeness (QED) is 0.427. The molecule has 1 fully saturated rings. The molecule has 0 aliphatic carbocycles. The lowest BCUT2D eigenvalue weighted by Crippen LogP contribution is -2.43. The van der Waals surface area contributed by atoms with Gasteiger partial charge in [0.1, 0.15) is 8.07 Å². The number of rotatable bonds is 2. The molecule has 1 heterocycles. The van der Waals surface area contributed by atoms with Gasteiger partial charge in [-0.1, -0.05) is 25.6 Å². The Morgan fingerprint density at radius 3 is 2.22 bits per heavy atom. The van der Waals surface area contributed by atoms with Gasteiger partial charge in [-0.15, -0.1) is 5.54 Å². The fourth-order valence-electron chi connectivity index (χ4n) is 3.00. The second-order valence-corrected chi connectivity index (χ2v) is 13.4. The van der Waals surface area contributed by atoms with Crippen molar-refractivity contribution in [2.75, 3.05) is 26.2 Å². The van der Waals surface area contributed by atoms with Crippen LogP contribution >= 0.6 is 22.6 Å². The van der Waals surface area contributed by atoms with Crippen molar-refractivity contribution in [3.63, 3.8) is 0 Å². The van der Waals surface area contributed by atoms with E-state index in [9.17, 15) is 0 Å². The Bertz CT molecular complexity index is 644. The predicted octanol–water partition coefficient (Wildman–Crippen LogP) is 3.85. The summed E-state index contributed by atoms with van der Waals surface area (Å²) >= 11 is 2.50. The average molecular weight is 440 g/mol. The van der Waals surface area contributed by atoms with Gasteiger partial charge in [-0.3, -0.25) is 4.90 Å². The van der Waals surface area contributed by atoms with E-state index in [-0.39, 0.29) is 0 Å². The highest BCUT2D eigenvalue weighted by Gasteiger charge is 2.18. The zero-order valence-corrected chi connectivity index (χ0v) is 18.5. The Morgan fingerprint density at radius 2 is 1.65 bits per heavy atom. The molecule has 0 atom stereocenters. The van der Waals surface area contributed by atoms with Crippen molar-refractivity contribution >= 4 is 30.7 Å². The topological polar surface area (TPSA) is 15.3 Å². The lowest BCUT2D eigenvalue weighted by Gasteiger charge is -2.29. The minimum absolute atomic E-state index is 1.05. The van der Waals surface area contributed by atoms with Crippen molar-refractivity contribution in [3.05, 3.63) is 31.4 Å². The van der Waals surface area contributed by atoms with Gasteiger partial charge in [-0.25, -0.2) is 0 Å². The van der Waals surface area contributed by atoms with E-state index in [4.69, 9.17) is 0 Å². The molecule has 0 radical (unpaired) electrons. The molecule has 126 valence electrons. The number of nitrogens with one attached hydrogen (secondary N) is 1. The first-order valence-electron chi connectivity index (χ1n) is 8.45. The SMILES string of the molecule is Cc1c(I)c(C)c(CN2CCNCC2)c(C)c1C#C[Si](C)(C)C. The van der Waals surface area contributed by atoms with Crippen LogP contribution in [-0.4, -0.2) is 39.2 Å². The van der Waals surface area contributed by atoms with Gasteiger partial charge in [-0.05, 0) is 65.6 Å². The number of hydrogen-bond donors (Lipinski definition) is 1. The molecule has 0 spiro atoms. The summed E-state index contributed by atoms with van der Waals surface area (Å²) in [4.78, 5) is 2.56. The Balaban J connectivity index is 2.45. The summed E-state index contributed by atoms with van der Waals surface area (Å²) < 4.78 is 1.39. The maximum atomic E-state index is 3.56. The van der Waals surface area contributed by atoms with E-state index in [1.54, 1.807) is 0 Å². The van der Waals surface area contributed by atoms with Crippen molar-refractivity contribution in [2.24, 2.45) is 0 Å². The van der Waals surface area contributed by atoms with Gasteiger partial charge in [0.2, 0.25) is 0 Å². The maximum absolute atomic E-state index is 3.56. The van der Waals surface area contributed by atoms with Gasteiger partial charge in [0.05, 0.1) is 0 Å². The predicted molar refractivity (Wildman–Crippen MR) is 112 cm³/mol. The summed E-state index contributed by atoms with van der Waals surface area (Å²) in [6, 6.07) is 0. The van der Waals surface area contributed by atoms with Crippen LogP contribution in [0.2, 0.25) is 19.6 Å². The summed E-state index contributed by atoms with van der Waals surface area (Å²) in [6.07, 6.45) is 0. The largest absolute Gasteiger partial charge is 0.314 e. The minimum Gasteiger partial charge on any atom is -0.314 e. The van der Waals surface area contributed by atoms with Crippen molar-refractivity contribution in [1.82, 2.24) is 10.2 Å². The van der Waals surface area contributed by atoms with Crippen molar-refractivity contribution < 1.29 is 0 Å². The highest BCUT2D eigenvalue weighted by molar-refractivity contribution is 14.1. The normalized spacial score (nSPS) is 16.1. The van der Waals surface area contributed by atoms with Crippen LogP contribution in [0, 0.1) is 35.8 Å². The van der Waals surface area contributed by atoms with Crippen LogP contribution < -0.4 is 5.32 Å². The Morgan fingerprint density at radius 1 is 1.04 bits per heavy atom. The number of hydrogen-bond acceptors (Lipinski definition) is 2. The van der Waals surface area contributed by atoms with E-state index in [0.717, 1.165) is 32.7 Å². The molecule has 2 rings (SSSR count). The molecule has 2 nitrogen and oxygen atoms in total. The van der Waals surface area contributed by atoms with Gasteiger partial charge in [0.15, 0.2) is 0 Å². The second kappa shape index (κ2) is 7.69. The molecule has 23 heavy (non-hydrogen) atoms. The number of benzene rings is 1. The smallest absolute Gasteiger partial charge is 0.129 e. The highest BCUT2D eigenvalue weighted by atomic mass is 127. The molecule has 1 aliphatic rings. The lowest BCUT2D eigenvalue weighted by atomic mass is 9.93. The fourth-order valence-corrected chi connectivity index (χ4v) is 4.10. The van der Waals surface area contributed by atoms with E-state index < -0.39 is 8.07 Å². The van der Waals surface area contributed by atoms with Crippen LogP contribution in [-0.2, 0) is 6.54 Å². The van der Waals surface area contributed by atoms with Gasteiger partial charge in [-0.2, -0.15) is 0 Å². The molecular formula is C19H29IN2Si. The molecule has 0 unspecified atom stereocenters. The molecule has 0 saturated carbocycles. The molecule has 1 aromatic rings. The molecule has 0 aromatic heterocycles. The summed E-state index contributed by atoms with van der Waals surface area (Å²) in [6.45, 7) is 19.2. The lowest BCUT2D eigenvalue weighted by molar-refractivity contribution is 0.232. The zero-order valence-electron chi connectivity index (χ0n) is 15.4. The molecule has 4 heteroatoms. The van der Waals surface area contributed by atoms with Crippen LogP contribution in [0.4, 0.5) is 0 Å². The van der Waals surface area contributed by atoms with Crippen LogP contribution in [0.25, 0.3) is 0 Å². The molecule has 0 bridgehead atoms. The van der Waals surface area contributed by atoms with E-state index in [0.29, 0.717) is 0 Å². The third kappa shape index (κ3) is 4.82. The molecule has 1 saturated heterocycles. The average Bonchev–Trinajstić information content (AvgIpc) is 2.49. The summed E-state index contributed by atoms with van der Waals surface area (Å²) in [5.74, 6) is 3.54. The van der Waals surface area contributed by atoms with E-state index in [1.807, 2.05) is 0 Å². The first-order chi connectivity index (χ1) is 10.7. The number of halogens is 1. The first kappa shape index (κ1) is 19.0. The zero-order chi connectivity index (χ0) is 17.2. The Labute approximate surface area is 156 Å². The first-order valence-corrected chi connectivity index (χ1v) is 13.0. The molecular weight excluding hydrogens is 411 g/mol. The third-order valence-electron chi connectivity index (χ3n) is 4.47. The number of nitrogens with zero attached hydrogens (tertiary/aromatic N) is 1. The van der Waals surface area contributed by atoms with E-state index >= 15 is 0 Å². The third-order valence-corrected chi connectivity index (χ3v) is 6.96. The van der Waals surface area contributed by atoms with Crippen LogP contribution in [0.3, 0.4) is 0 Å². The molecule has 1 N–H and O–H groups in total. The van der Waals surface area contributed by atoms with Crippen molar-refractivity contribution in [1.29, 1.82) is 0 Å². The van der Waals surface area contributed by atoms with E-state index in [2.05, 4.69) is 84.7 Å². The summed E-state index contributed by atoms with van der Waals surface area (Å²) in [5.41, 5.74) is 10.5. The minimum atomic E-state index is -1.36. The van der Waals surface area contributed by atoms with Crippen molar-refractivity contribution in [2.45, 2.75) is 47.0 Å². The van der Waals surface area contributed by atoms with Crippen molar-refractivity contribution in [3.8, 4) is 11.5 Å². The van der Waals surface area contributed by atoms with E-state index in [1.165, 1.54) is 31.4 Å². The summed E-state index contributed by atoms with van der Waals surface area (Å²) in [5, 5.41) is 3.44. The molecule has 1 aromatic carbocycles. The molecule has 0 amide bonds. The van der Waals surface area contributed by atoms with Crippen LogP contribution in [0.5, 0.6) is 0 Å². The standard InChI is InChI=1S/C19H29IN2Si/c1-14-17(7-12-23(4,5)6)15(2)19(20)16(3)18(14)13-22-10-8-21-9-11-22/h21H,8-11,13H2,1-6H3. The monoisotopic (exact) mass is 440 g/mol. The highest BCUT2D eigenvalue weighted by Crippen LogP contribution is 2.29. The van der Waals surface area contributed by atoms with Crippen LogP contribution in [0.15, 0.2) is 0 Å².